The molecule has 0 spiro atoms. The van der Waals surface area contributed by atoms with Gasteiger partial charge in [0, 0.05) is 24.6 Å². The molecule has 0 radical (unpaired) electrons. The number of nitrogens with one attached hydrogen (secondary N) is 2. The van der Waals surface area contributed by atoms with Gasteiger partial charge in [-0.15, -0.1) is 0 Å². The number of carbonyl (C=O) groups excluding carboxylic acids is 1. The summed E-state index contributed by atoms with van der Waals surface area (Å²) in [4.78, 5) is 36.4. The summed E-state index contributed by atoms with van der Waals surface area (Å²) in [5, 5.41) is 22.5. The Morgan fingerprint density at radius 3 is 2.78 bits per heavy atom. The van der Waals surface area contributed by atoms with Crippen LogP contribution in [0.5, 0.6) is 0 Å². The molecule has 23 heavy (non-hydrogen) atoms. The smallest absolute Gasteiger partial charge is 0.330 e. The number of nitrogens with two attached hydrogens (primary N) is 1. The van der Waals surface area contributed by atoms with Gasteiger partial charge in [-0.3, -0.25) is 19.1 Å². The van der Waals surface area contributed by atoms with Gasteiger partial charge in [0.1, 0.15) is 18.3 Å². The molecule has 10 nitrogen and oxygen atoms in total. The molecular weight excluding hydrogens is 328 g/mol. The van der Waals surface area contributed by atoms with E-state index in [0.717, 1.165) is 16.8 Å². The highest BCUT2D eigenvalue weighted by molar-refractivity contribution is 7.80. The first-order valence-corrected chi connectivity index (χ1v) is 7.45. The third-order valence-electron chi connectivity index (χ3n) is 3.47. The van der Waals surface area contributed by atoms with E-state index in [1.165, 1.54) is 0 Å². The minimum Gasteiger partial charge on any atom is -0.387 e. The minimum absolute atomic E-state index is 0.104. The second kappa shape index (κ2) is 7.27. The second-order valence-electron chi connectivity index (χ2n) is 5.10. The molecule has 6 N–H and O–H groups in total. The molecule has 1 saturated heterocycles. The van der Waals surface area contributed by atoms with E-state index in [0.29, 0.717) is 0 Å². The maximum Gasteiger partial charge on any atom is 0.330 e. The van der Waals surface area contributed by atoms with E-state index in [1.807, 2.05) is 4.98 Å². The van der Waals surface area contributed by atoms with Crippen molar-refractivity contribution in [3.63, 3.8) is 0 Å². The second-order valence-corrected chi connectivity index (χ2v) is 5.46. The Labute approximate surface area is 135 Å². The van der Waals surface area contributed by atoms with Crippen molar-refractivity contribution in [2.75, 3.05) is 12.3 Å². The van der Waals surface area contributed by atoms with Gasteiger partial charge < -0.3 is 26.0 Å². The minimum atomic E-state index is -1.40. The van der Waals surface area contributed by atoms with Gasteiger partial charge in [-0.25, -0.2) is 4.79 Å². The predicted molar refractivity (Wildman–Crippen MR) is 82.1 cm³/mol. The van der Waals surface area contributed by atoms with Crippen molar-refractivity contribution in [1.82, 2.24) is 14.9 Å². The maximum absolute atomic E-state index is 11.7. The molecule has 2 heterocycles. The van der Waals surface area contributed by atoms with Gasteiger partial charge in [0.2, 0.25) is 5.91 Å². The van der Waals surface area contributed by atoms with Crippen LogP contribution in [0.4, 0.5) is 0 Å². The molecule has 11 heteroatoms. The van der Waals surface area contributed by atoms with Crippen LogP contribution in [0.1, 0.15) is 6.23 Å². The van der Waals surface area contributed by atoms with Gasteiger partial charge in [0.05, 0.1) is 6.04 Å². The molecule has 0 saturated carbocycles. The van der Waals surface area contributed by atoms with Gasteiger partial charge in [0.25, 0.3) is 5.56 Å². The van der Waals surface area contributed by atoms with Crippen molar-refractivity contribution < 1.29 is 19.7 Å². The first-order chi connectivity index (χ1) is 10.8. The van der Waals surface area contributed by atoms with Crippen LogP contribution in [0.3, 0.4) is 0 Å². The molecule has 2 rings (SSSR count). The van der Waals surface area contributed by atoms with Gasteiger partial charge in [-0.05, 0) is 0 Å². The van der Waals surface area contributed by atoms with E-state index in [1.54, 1.807) is 0 Å². The number of hydrogen-bond acceptors (Lipinski definition) is 8. The fraction of sp³-hybridized carbons (Fsp3) is 0.583. The number of aliphatic hydroxyl groups excluding tert-OH is 2. The van der Waals surface area contributed by atoms with Crippen LogP contribution in [0.2, 0.25) is 0 Å². The lowest BCUT2D eigenvalue weighted by Crippen LogP contribution is -2.46. The lowest BCUT2D eigenvalue weighted by molar-refractivity contribution is -0.123. The molecule has 0 aromatic carbocycles. The van der Waals surface area contributed by atoms with E-state index in [2.05, 4.69) is 17.9 Å². The van der Waals surface area contributed by atoms with Crippen molar-refractivity contribution in [3.8, 4) is 0 Å². The number of amides is 1. The molecule has 0 bridgehead atoms. The standard InChI is InChI=1S/C12H18N4O6S/c13-5(4-23)10(20)14-3-6-8(18)9(19)11(22-6)16-2-1-7(17)15-12(16)21/h1-2,5-6,8-9,11,18-19,23H,3-4,13H2,(H,14,20)(H,15,17,21)/t5-,6+,8+,9+,11+/m0/s1. The molecule has 1 aromatic heterocycles. The largest absolute Gasteiger partial charge is 0.387 e. The van der Waals surface area contributed by atoms with E-state index in [-0.39, 0.29) is 12.3 Å². The Kier molecular flexibility index (Phi) is 5.59. The SMILES string of the molecule is N[C@@H](CS)C(=O)NC[C@H]1O[C@@H](n2ccc(=O)[nH]c2=O)[C@H](O)[C@@H]1O. The van der Waals surface area contributed by atoms with E-state index in [4.69, 9.17) is 10.5 Å². The van der Waals surface area contributed by atoms with E-state index < -0.39 is 47.7 Å². The van der Waals surface area contributed by atoms with Crippen molar-refractivity contribution in [2.24, 2.45) is 5.73 Å². The van der Waals surface area contributed by atoms with Gasteiger partial charge in [-0.2, -0.15) is 12.6 Å². The predicted octanol–water partition coefficient (Wildman–Crippen LogP) is -3.47. The fourth-order valence-electron chi connectivity index (χ4n) is 2.17. The summed E-state index contributed by atoms with van der Waals surface area (Å²) in [5.74, 6) is -0.326. The van der Waals surface area contributed by atoms with Gasteiger partial charge in [0.15, 0.2) is 6.23 Å². The van der Waals surface area contributed by atoms with Crippen molar-refractivity contribution in [2.45, 2.75) is 30.6 Å². The number of rotatable bonds is 5. The summed E-state index contributed by atoms with van der Waals surface area (Å²) in [7, 11) is 0. The number of ether oxygens (including phenoxy) is 1. The number of nitrogens with zero attached hydrogens (tertiary/aromatic N) is 1. The molecule has 1 fully saturated rings. The summed E-state index contributed by atoms with van der Waals surface area (Å²) in [5.41, 5.74) is 4.12. The summed E-state index contributed by atoms with van der Waals surface area (Å²) in [6.45, 7) is -0.104. The third kappa shape index (κ3) is 3.82. The number of aromatic nitrogens is 2. The Hall–Kier alpha value is -1.66. The maximum atomic E-state index is 11.7. The Morgan fingerprint density at radius 1 is 1.48 bits per heavy atom. The molecule has 1 aliphatic rings. The van der Waals surface area contributed by atoms with Crippen molar-refractivity contribution >= 4 is 18.5 Å². The molecular formula is C12H18N4O6S. The normalized spacial score (nSPS) is 28.5. The van der Waals surface area contributed by atoms with Crippen LogP contribution < -0.4 is 22.3 Å². The van der Waals surface area contributed by atoms with Crippen LogP contribution in [-0.2, 0) is 9.53 Å². The molecule has 1 aliphatic heterocycles. The molecule has 1 aromatic rings. The number of aromatic amines is 1. The number of carbonyl (C=O) groups is 1. The highest BCUT2D eigenvalue weighted by atomic mass is 32.1. The lowest BCUT2D eigenvalue weighted by atomic mass is 10.1. The molecule has 0 unspecified atom stereocenters. The first-order valence-electron chi connectivity index (χ1n) is 6.82. The zero-order valence-electron chi connectivity index (χ0n) is 12.0. The quantitative estimate of drug-likeness (QED) is 0.302. The number of hydrogen-bond donors (Lipinski definition) is 6. The lowest BCUT2D eigenvalue weighted by Gasteiger charge is -2.17. The number of aliphatic hydroxyl groups is 2. The van der Waals surface area contributed by atoms with Crippen LogP contribution in [-0.4, -0.2) is 62.3 Å². The summed E-state index contributed by atoms with van der Waals surface area (Å²) >= 11 is 3.90. The Balaban J connectivity index is 2.07. The zero-order chi connectivity index (χ0) is 17.1. The van der Waals surface area contributed by atoms with Crippen molar-refractivity contribution in [3.05, 3.63) is 33.1 Å². The molecule has 5 atom stereocenters. The zero-order valence-corrected chi connectivity index (χ0v) is 12.8. The summed E-state index contributed by atoms with van der Waals surface area (Å²) in [6.07, 6.45) is -3.70. The van der Waals surface area contributed by atoms with E-state index >= 15 is 0 Å². The Bertz CT molecular complexity index is 676. The number of thiol groups is 1. The monoisotopic (exact) mass is 346 g/mol. The van der Waals surface area contributed by atoms with Crippen LogP contribution >= 0.6 is 12.6 Å². The average molecular weight is 346 g/mol. The third-order valence-corrected chi connectivity index (χ3v) is 3.87. The number of H-pyrrole nitrogens is 1. The molecule has 0 aliphatic carbocycles. The highest BCUT2D eigenvalue weighted by Crippen LogP contribution is 2.27. The fourth-order valence-corrected chi connectivity index (χ4v) is 2.34. The van der Waals surface area contributed by atoms with Crippen LogP contribution in [0, 0.1) is 0 Å². The summed E-state index contributed by atoms with van der Waals surface area (Å²) in [6, 6.07) is 0.282. The first kappa shape index (κ1) is 17.7. The molecule has 1 amide bonds. The van der Waals surface area contributed by atoms with Crippen molar-refractivity contribution in [1.29, 1.82) is 0 Å². The van der Waals surface area contributed by atoms with Crippen LogP contribution in [0.25, 0.3) is 0 Å². The highest BCUT2D eigenvalue weighted by Gasteiger charge is 2.44. The summed E-state index contributed by atoms with van der Waals surface area (Å²) < 4.78 is 6.38. The van der Waals surface area contributed by atoms with Crippen LogP contribution in [0.15, 0.2) is 21.9 Å². The Morgan fingerprint density at radius 2 is 2.17 bits per heavy atom. The van der Waals surface area contributed by atoms with Gasteiger partial charge in [-0.1, -0.05) is 0 Å². The topological polar surface area (TPSA) is 160 Å². The average Bonchev–Trinajstić information content (AvgIpc) is 2.80. The molecule has 128 valence electrons. The van der Waals surface area contributed by atoms with E-state index in [9.17, 15) is 24.6 Å². The van der Waals surface area contributed by atoms with Gasteiger partial charge >= 0.3 is 5.69 Å².